The normalized spacial score (nSPS) is 14.6. The second-order valence-corrected chi connectivity index (χ2v) is 6.57. The predicted octanol–water partition coefficient (Wildman–Crippen LogP) is 1.87. The number of carbonyl (C=O) groups is 2. The van der Waals surface area contributed by atoms with Gasteiger partial charge in [-0.2, -0.15) is 0 Å². The highest BCUT2D eigenvalue weighted by atomic mass is 32.1. The average Bonchev–Trinajstić information content (AvgIpc) is 2.66. The lowest BCUT2D eigenvalue weighted by Gasteiger charge is -2.33. The van der Waals surface area contributed by atoms with E-state index in [0.717, 1.165) is 0 Å². The molecule has 0 aromatic heterocycles. The Bertz CT molecular complexity index is 645. The van der Waals surface area contributed by atoms with Crippen LogP contribution in [-0.2, 0) is 14.3 Å². The van der Waals surface area contributed by atoms with Crippen molar-refractivity contribution in [3.8, 4) is 5.75 Å². The summed E-state index contributed by atoms with van der Waals surface area (Å²) in [6.45, 7) is 2.00. The standard InChI is InChI=1S/C18H25N3O4S/c1-25-16(23)7-4-10-19-18(26)21-11-8-13(9-12-21)17(24)20-14-5-2-3-6-15(14)22/h2-3,5-6,13,22H,4,7-12H2,1H3,(H,19,26)(H,20,24). The number of amides is 1. The number of ether oxygens (including phenoxy) is 1. The van der Waals surface area contributed by atoms with Crippen molar-refractivity contribution >= 4 is 34.9 Å². The number of carbonyl (C=O) groups excluding carboxylic acids is 2. The van der Waals surface area contributed by atoms with E-state index in [4.69, 9.17) is 12.2 Å². The van der Waals surface area contributed by atoms with Gasteiger partial charge in [0.05, 0.1) is 12.8 Å². The van der Waals surface area contributed by atoms with Crippen LogP contribution in [0.15, 0.2) is 24.3 Å². The number of rotatable bonds is 6. The van der Waals surface area contributed by atoms with E-state index in [1.165, 1.54) is 7.11 Å². The SMILES string of the molecule is COC(=O)CCCNC(=S)N1CCC(C(=O)Nc2ccccc2O)CC1. The van der Waals surface area contributed by atoms with E-state index in [0.29, 0.717) is 56.1 Å². The number of methoxy groups -OCH3 is 1. The van der Waals surface area contributed by atoms with Gasteiger partial charge in [-0.05, 0) is 43.6 Å². The molecule has 2 rings (SSSR count). The highest BCUT2D eigenvalue weighted by Crippen LogP contribution is 2.24. The van der Waals surface area contributed by atoms with E-state index in [9.17, 15) is 14.7 Å². The number of aromatic hydroxyl groups is 1. The summed E-state index contributed by atoms with van der Waals surface area (Å²) in [5.74, 6) is -0.347. The van der Waals surface area contributed by atoms with E-state index in [1.54, 1.807) is 24.3 Å². The maximum atomic E-state index is 12.4. The van der Waals surface area contributed by atoms with Gasteiger partial charge < -0.3 is 25.4 Å². The van der Waals surface area contributed by atoms with Crippen LogP contribution in [0, 0.1) is 5.92 Å². The topological polar surface area (TPSA) is 90.9 Å². The van der Waals surface area contributed by atoms with E-state index in [1.807, 2.05) is 4.90 Å². The van der Waals surface area contributed by atoms with Crippen molar-refractivity contribution in [1.29, 1.82) is 0 Å². The van der Waals surface area contributed by atoms with Crippen LogP contribution in [0.5, 0.6) is 5.75 Å². The smallest absolute Gasteiger partial charge is 0.305 e. The fourth-order valence-corrected chi connectivity index (χ4v) is 3.09. The Hall–Kier alpha value is -2.35. The van der Waals surface area contributed by atoms with Crippen molar-refractivity contribution in [2.75, 3.05) is 32.1 Å². The van der Waals surface area contributed by atoms with E-state index in [2.05, 4.69) is 15.4 Å². The lowest BCUT2D eigenvalue weighted by molar-refractivity contribution is -0.140. The van der Waals surface area contributed by atoms with Gasteiger partial charge >= 0.3 is 5.97 Å². The highest BCUT2D eigenvalue weighted by molar-refractivity contribution is 7.80. The molecule has 0 radical (unpaired) electrons. The van der Waals surface area contributed by atoms with E-state index in [-0.39, 0.29) is 23.5 Å². The molecule has 142 valence electrons. The lowest BCUT2D eigenvalue weighted by atomic mass is 9.96. The van der Waals surface area contributed by atoms with Gasteiger partial charge in [-0.15, -0.1) is 0 Å². The predicted molar refractivity (Wildman–Crippen MR) is 103 cm³/mol. The van der Waals surface area contributed by atoms with Crippen LogP contribution >= 0.6 is 12.2 Å². The van der Waals surface area contributed by atoms with Gasteiger partial charge in [-0.1, -0.05) is 12.1 Å². The molecule has 0 aliphatic carbocycles. The van der Waals surface area contributed by atoms with Crippen LogP contribution in [0.1, 0.15) is 25.7 Å². The second-order valence-electron chi connectivity index (χ2n) is 6.18. The second kappa shape index (κ2) is 9.96. The number of hydrogen-bond acceptors (Lipinski definition) is 5. The molecule has 7 nitrogen and oxygen atoms in total. The van der Waals surface area contributed by atoms with Crippen LogP contribution in [0.4, 0.5) is 5.69 Å². The molecule has 1 aliphatic rings. The number of esters is 1. The Morgan fingerprint density at radius 3 is 2.65 bits per heavy atom. The number of thiocarbonyl (C=S) groups is 1. The van der Waals surface area contributed by atoms with Gasteiger partial charge in [0, 0.05) is 32.0 Å². The molecule has 1 amide bonds. The number of benzene rings is 1. The molecule has 1 heterocycles. The zero-order chi connectivity index (χ0) is 18.9. The summed E-state index contributed by atoms with van der Waals surface area (Å²) in [6, 6.07) is 6.70. The molecule has 26 heavy (non-hydrogen) atoms. The number of nitrogens with one attached hydrogen (secondary N) is 2. The maximum absolute atomic E-state index is 12.4. The summed E-state index contributed by atoms with van der Waals surface area (Å²) in [4.78, 5) is 25.5. The molecule has 0 unspecified atom stereocenters. The number of nitrogens with zero attached hydrogens (tertiary/aromatic N) is 1. The van der Waals surface area contributed by atoms with Crippen molar-refractivity contribution in [3.63, 3.8) is 0 Å². The van der Waals surface area contributed by atoms with Crippen LogP contribution in [-0.4, -0.2) is 53.7 Å². The molecular weight excluding hydrogens is 354 g/mol. The number of phenolic OH excluding ortho intramolecular Hbond substituents is 1. The van der Waals surface area contributed by atoms with Gasteiger partial charge in [0.15, 0.2) is 5.11 Å². The quantitative estimate of drug-likeness (QED) is 0.301. The van der Waals surface area contributed by atoms with E-state index < -0.39 is 0 Å². The first-order valence-electron chi connectivity index (χ1n) is 8.69. The number of piperidine rings is 1. The van der Waals surface area contributed by atoms with Crippen LogP contribution in [0.2, 0.25) is 0 Å². The highest BCUT2D eigenvalue weighted by Gasteiger charge is 2.26. The number of anilines is 1. The molecule has 1 aliphatic heterocycles. The third-order valence-corrected chi connectivity index (χ3v) is 4.78. The molecular formula is C18H25N3O4S. The first-order valence-corrected chi connectivity index (χ1v) is 9.10. The molecule has 1 aromatic rings. The zero-order valence-corrected chi connectivity index (χ0v) is 15.7. The molecule has 0 bridgehead atoms. The van der Waals surface area contributed by atoms with Gasteiger partial charge in [-0.3, -0.25) is 9.59 Å². The molecule has 0 atom stereocenters. The largest absolute Gasteiger partial charge is 0.506 e. The number of phenols is 1. The van der Waals surface area contributed by atoms with Gasteiger partial charge in [-0.25, -0.2) is 0 Å². The van der Waals surface area contributed by atoms with Crippen LogP contribution < -0.4 is 10.6 Å². The van der Waals surface area contributed by atoms with Crippen molar-refractivity contribution in [1.82, 2.24) is 10.2 Å². The molecule has 0 spiro atoms. The first kappa shape index (κ1) is 20.0. The van der Waals surface area contributed by atoms with Crippen molar-refractivity contribution < 1.29 is 19.4 Å². The molecule has 8 heteroatoms. The van der Waals surface area contributed by atoms with Crippen LogP contribution in [0.3, 0.4) is 0 Å². The van der Waals surface area contributed by atoms with Crippen molar-refractivity contribution in [3.05, 3.63) is 24.3 Å². The van der Waals surface area contributed by atoms with Crippen molar-refractivity contribution in [2.24, 2.45) is 5.92 Å². The Balaban J connectivity index is 1.71. The summed E-state index contributed by atoms with van der Waals surface area (Å²) < 4.78 is 4.59. The van der Waals surface area contributed by atoms with Crippen molar-refractivity contribution in [2.45, 2.75) is 25.7 Å². The molecule has 1 saturated heterocycles. The summed E-state index contributed by atoms with van der Waals surface area (Å²) in [5, 5.41) is 16.3. The minimum Gasteiger partial charge on any atom is -0.506 e. The third kappa shape index (κ3) is 5.87. The molecule has 0 saturated carbocycles. The number of likely N-dealkylation sites (tertiary alicyclic amines) is 1. The summed E-state index contributed by atoms with van der Waals surface area (Å²) in [5.41, 5.74) is 0.433. The lowest BCUT2D eigenvalue weighted by Crippen LogP contribution is -2.46. The van der Waals surface area contributed by atoms with Gasteiger partial charge in [0.2, 0.25) is 5.91 Å². The first-order chi connectivity index (χ1) is 12.5. The monoisotopic (exact) mass is 379 g/mol. The Morgan fingerprint density at radius 1 is 1.31 bits per heavy atom. The van der Waals surface area contributed by atoms with Gasteiger partial charge in [0.1, 0.15) is 5.75 Å². The summed E-state index contributed by atoms with van der Waals surface area (Å²) in [6.07, 6.45) is 2.42. The van der Waals surface area contributed by atoms with Crippen LogP contribution in [0.25, 0.3) is 0 Å². The maximum Gasteiger partial charge on any atom is 0.305 e. The summed E-state index contributed by atoms with van der Waals surface area (Å²) >= 11 is 5.37. The molecule has 1 fully saturated rings. The van der Waals surface area contributed by atoms with E-state index >= 15 is 0 Å². The minimum absolute atomic E-state index is 0.0654. The Morgan fingerprint density at radius 2 is 2.00 bits per heavy atom. The average molecular weight is 379 g/mol. The Labute approximate surface area is 158 Å². The number of para-hydroxylation sites is 2. The zero-order valence-electron chi connectivity index (χ0n) is 14.9. The summed E-state index contributed by atoms with van der Waals surface area (Å²) in [7, 11) is 1.37. The molecule has 1 aromatic carbocycles. The fraction of sp³-hybridized carbons (Fsp3) is 0.500. The Kier molecular flexibility index (Phi) is 7.65. The van der Waals surface area contributed by atoms with Gasteiger partial charge in [0.25, 0.3) is 0 Å². The fourth-order valence-electron chi connectivity index (χ4n) is 2.80. The number of hydrogen-bond donors (Lipinski definition) is 3. The minimum atomic E-state index is -0.228. The third-order valence-electron chi connectivity index (χ3n) is 4.38. The molecule has 3 N–H and O–H groups in total.